The molecule has 0 aromatic carbocycles. The third-order valence-corrected chi connectivity index (χ3v) is 4.88. The van der Waals surface area contributed by atoms with Crippen LogP contribution in [0.3, 0.4) is 0 Å². The molecular formula is C13H24N2OS. The van der Waals surface area contributed by atoms with Gasteiger partial charge in [0.2, 0.25) is 5.91 Å². The van der Waals surface area contributed by atoms with Crippen LogP contribution in [-0.2, 0) is 4.79 Å². The predicted molar refractivity (Wildman–Crippen MR) is 73.3 cm³/mol. The molecule has 0 heterocycles. The second-order valence-corrected chi connectivity index (χ2v) is 6.29. The van der Waals surface area contributed by atoms with Crippen LogP contribution >= 0.6 is 11.8 Å². The summed E-state index contributed by atoms with van der Waals surface area (Å²) < 4.78 is 0. The zero-order valence-corrected chi connectivity index (χ0v) is 11.5. The molecule has 2 aliphatic rings. The standard InChI is InChI=1S/C13H24N2OS/c1-17-12-5-3-2-4-11(12)15-13(16)8-9-14-10-6-7-10/h10-12,14H,2-9H2,1H3,(H,15,16). The molecule has 0 aromatic rings. The summed E-state index contributed by atoms with van der Waals surface area (Å²) in [7, 11) is 0. The summed E-state index contributed by atoms with van der Waals surface area (Å²) in [5, 5.41) is 7.23. The molecular weight excluding hydrogens is 232 g/mol. The molecule has 2 fully saturated rings. The Bertz CT molecular complexity index is 256. The molecule has 2 rings (SSSR count). The normalized spacial score (nSPS) is 29.0. The maximum atomic E-state index is 11.8. The highest BCUT2D eigenvalue weighted by Gasteiger charge is 2.25. The van der Waals surface area contributed by atoms with Gasteiger partial charge in [0.05, 0.1) is 0 Å². The van der Waals surface area contributed by atoms with Crippen LogP contribution in [0.1, 0.15) is 44.9 Å². The number of hydrogen-bond acceptors (Lipinski definition) is 3. The van der Waals surface area contributed by atoms with Gasteiger partial charge in [-0.25, -0.2) is 0 Å². The van der Waals surface area contributed by atoms with E-state index in [0.29, 0.717) is 23.8 Å². The maximum absolute atomic E-state index is 11.8. The molecule has 2 N–H and O–H groups in total. The third-order valence-electron chi connectivity index (χ3n) is 3.71. The topological polar surface area (TPSA) is 41.1 Å². The molecule has 2 saturated carbocycles. The first kappa shape index (κ1) is 13.2. The molecule has 0 bridgehead atoms. The van der Waals surface area contributed by atoms with Crippen molar-refractivity contribution in [2.75, 3.05) is 12.8 Å². The minimum absolute atomic E-state index is 0.226. The highest BCUT2D eigenvalue weighted by molar-refractivity contribution is 7.99. The van der Waals surface area contributed by atoms with E-state index in [4.69, 9.17) is 0 Å². The molecule has 0 radical (unpaired) electrons. The van der Waals surface area contributed by atoms with E-state index < -0.39 is 0 Å². The number of rotatable bonds is 6. The monoisotopic (exact) mass is 256 g/mol. The summed E-state index contributed by atoms with van der Waals surface area (Å²) in [6, 6.07) is 1.11. The van der Waals surface area contributed by atoms with Crippen molar-refractivity contribution in [1.29, 1.82) is 0 Å². The van der Waals surface area contributed by atoms with E-state index in [9.17, 15) is 4.79 Å². The smallest absolute Gasteiger partial charge is 0.221 e. The molecule has 0 aliphatic heterocycles. The Balaban J connectivity index is 1.64. The number of carbonyl (C=O) groups excluding carboxylic acids is 1. The van der Waals surface area contributed by atoms with Gasteiger partial charge in [0.1, 0.15) is 0 Å². The number of nitrogens with one attached hydrogen (secondary N) is 2. The average Bonchev–Trinajstić information content (AvgIpc) is 3.14. The van der Waals surface area contributed by atoms with Gasteiger partial charge in [-0.05, 0) is 31.9 Å². The van der Waals surface area contributed by atoms with Crippen molar-refractivity contribution in [3.8, 4) is 0 Å². The van der Waals surface area contributed by atoms with Crippen LogP contribution in [0.25, 0.3) is 0 Å². The van der Waals surface area contributed by atoms with Crippen LogP contribution in [0.2, 0.25) is 0 Å². The summed E-state index contributed by atoms with van der Waals surface area (Å²) in [5.41, 5.74) is 0. The fourth-order valence-corrected chi connectivity index (χ4v) is 3.44. The lowest BCUT2D eigenvalue weighted by molar-refractivity contribution is -0.121. The highest BCUT2D eigenvalue weighted by Crippen LogP contribution is 2.27. The number of thioether (sulfide) groups is 1. The van der Waals surface area contributed by atoms with Crippen molar-refractivity contribution in [1.82, 2.24) is 10.6 Å². The van der Waals surface area contributed by atoms with Gasteiger partial charge in [-0.3, -0.25) is 4.79 Å². The summed E-state index contributed by atoms with van der Waals surface area (Å²) in [6.07, 6.45) is 10.4. The highest BCUT2D eigenvalue weighted by atomic mass is 32.2. The average molecular weight is 256 g/mol. The van der Waals surface area contributed by atoms with E-state index >= 15 is 0 Å². The minimum atomic E-state index is 0.226. The van der Waals surface area contributed by atoms with Crippen molar-refractivity contribution in [2.24, 2.45) is 0 Å². The zero-order valence-electron chi connectivity index (χ0n) is 10.7. The molecule has 2 aliphatic carbocycles. The van der Waals surface area contributed by atoms with Crippen LogP contribution in [0.15, 0.2) is 0 Å². The Kier molecular flexibility index (Phi) is 5.16. The van der Waals surface area contributed by atoms with Crippen LogP contribution < -0.4 is 10.6 Å². The van der Waals surface area contributed by atoms with E-state index in [1.807, 2.05) is 11.8 Å². The molecule has 1 amide bonds. The summed E-state index contributed by atoms with van der Waals surface area (Å²) in [5.74, 6) is 0.226. The molecule has 2 atom stereocenters. The van der Waals surface area contributed by atoms with Crippen molar-refractivity contribution < 1.29 is 4.79 Å². The second kappa shape index (κ2) is 6.64. The molecule has 17 heavy (non-hydrogen) atoms. The minimum Gasteiger partial charge on any atom is -0.352 e. The van der Waals surface area contributed by atoms with E-state index in [0.717, 1.165) is 13.0 Å². The van der Waals surface area contributed by atoms with Crippen molar-refractivity contribution >= 4 is 17.7 Å². The summed E-state index contributed by atoms with van der Waals surface area (Å²) in [4.78, 5) is 11.8. The van der Waals surface area contributed by atoms with E-state index in [1.165, 1.54) is 32.1 Å². The van der Waals surface area contributed by atoms with Gasteiger partial charge >= 0.3 is 0 Å². The van der Waals surface area contributed by atoms with Crippen molar-refractivity contribution in [3.63, 3.8) is 0 Å². The fraction of sp³-hybridized carbons (Fsp3) is 0.923. The van der Waals surface area contributed by atoms with Crippen LogP contribution in [-0.4, -0.2) is 36.0 Å². The van der Waals surface area contributed by atoms with Gasteiger partial charge < -0.3 is 10.6 Å². The summed E-state index contributed by atoms with van der Waals surface area (Å²) in [6.45, 7) is 0.840. The van der Waals surface area contributed by atoms with Gasteiger partial charge in [0, 0.05) is 30.3 Å². The van der Waals surface area contributed by atoms with Gasteiger partial charge in [-0.15, -0.1) is 0 Å². The van der Waals surface area contributed by atoms with Gasteiger partial charge in [-0.2, -0.15) is 11.8 Å². The van der Waals surface area contributed by atoms with Gasteiger partial charge in [-0.1, -0.05) is 12.8 Å². The maximum Gasteiger partial charge on any atom is 0.221 e. The van der Waals surface area contributed by atoms with Crippen LogP contribution in [0.4, 0.5) is 0 Å². The van der Waals surface area contributed by atoms with Crippen LogP contribution in [0.5, 0.6) is 0 Å². The molecule has 0 saturated heterocycles. The Morgan fingerprint density at radius 3 is 2.71 bits per heavy atom. The fourth-order valence-electron chi connectivity index (χ4n) is 2.50. The second-order valence-electron chi connectivity index (χ2n) is 5.21. The number of hydrogen-bond donors (Lipinski definition) is 2. The van der Waals surface area contributed by atoms with Gasteiger partial charge in [0.15, 0.2) is 0 Å². The molecule has 2 unspecified atom stereocenters. The molecule has 4 heteroatoms. The van der Waals surface area contributed by atoms with Gasteiger partial charge in [0.25, 0.3) is 0 Å². The van der Waals surface area contributed by atoms with Crippen molar-refractivity contribution in [2.45, 2.75) is 62.3 Å². The molecule has 0 spiro atoms. The lowest BCUT2D eigenvalue weighted by atomic mass is 9.95. The first-order valence-corrected chi connectivity index (χ1v) is 8.14. The lowest BCUT2D eigenvalue weighted by Crippen LogP contribution is -2.44. The Morgan fingerprint density at radius 2 is 2.00 bits per heavy atom. The Hall–Kier alpha value is -0.220. The van der Waals surface area contributed by atoms with E-state index in [2.05, 4.69) is 16.9 Å². The first-order chi connectivity index (χ1) is 8.29. The third kappa shape index (κ3) is 4.51. The van der Waals surface area contributed by atoms with Crippen LogP contribution in [0, 0.1) is 0 Å². The van der Waals surface area contributed by atoms with Crippen molar-refractivity contribution in [3.05, 3.63) is 0 Å². The summed E-state index contributed by atoms with van der Waals surface area (Å²) >= 11 is 1.90. The first-order valence-electron chi connectivity index (χ1n) is 6.85. The molecule has 3 nitrogen and oxygen atoms in total. The zero-order chi connectivity index (χ0) is 12.1. The predicted octanol–water partition coefficient (Wildman–Crippen LogP) is 1.92. The SMILES string of the molecule is CSC1CCCCC1NC(=O)CCNC1CC1. The Morgan fingerprint density at radius 1 is 1.24 bits per heavy atom. The molecule has 0 aromatic heterocycles. The molecule has 98 valence electrons. The largest absolute Gasteiger partial charge is 0.352 e. The quantitative estimate of drug-likeness (QED) is 0.763. The lowest BCUT2D eigenvalue weighted by Gasteiger charge is -2.31. The number of amides is 1. The Labute approximate surface area is 108 Å². The van der Waals surface area contributed by atoms with E-state index in [-0.39, 0.29) is 5.91 Å². The number of carbonyl (C=O) groups is 1. The van der Waals surface area contributed by atoms with E-state index in [1.54, 1.807) is 0 Å².